The van der Waals surface area contributed by atoms with E-state index in [-0.39, 0.29) is 0 Å². The van der Waals surface area contributed by atoms with Gasteiger partial charge in [0.2, 0.25) is 17.6 Å². The quantitative estimate of drug-likeness (QED) is 0.300. The highest BCUT2D eigenvalue weighted by Crippen LogP contribution is 2.25. The van der Waals surface area contributed by atoms with Crippen LogP contribution in [0.4, 0.5) is 0 Å². The molecule has 3 heterocycles. The van der Waals surface area contributed by atoms with Gasteiger partial charge in [0.15, 0.2) is 0 Å². The Morgan fingerprint density at radius 3 is 2.78 bits per heavy atom. The molecule has 0 unspecified atom stereocenters. The second-order valence-corrected chi connectivity index (χ2v) is 7.54. The summed E-state index contributed by atoms with van der Waals surface area (Å²) >= 11 is 4.95. The molecule has 0 radical (unpaired) electrons. The van der Waals surface area contributed by atoms with Crippen LogP contribution in [0.3, 0.4) is 0 Å². The van der Waals surface area contributed by atoms with E-state index in [9.17, 15) is 0 Å². The highest BCUT2D eigenvalue weighted by Gasteiger charge is 2.11. The number of aromatic nitrogens is 5. The van der Waals surface area contributed by atoms with Gasteiger partial charge in [-0.15, -0.1) is 10.2 Å². The molecule has 0 aliphatic rings. The van der Waals surface area contributed by atoms with Crippen molar-refractivity contribution in [3.63, 3.8) is 0 Å². The predicted molar refractivity (Wildman–Crippen MR) is 104 cm³/mol. The number of nitrogens with zero attached hydrogens (tertiary/aromatic N) is 5. The van der Waals surface area contributed by atoms with Crippen LogP contribution < -0.4 is 0 Å². The fourth-order valence-electron chi connectivity index (χ4n) is 2.36. The van der Waals surface area contributed by atoms with Crippen LogP contribution in [0.2, 0.25) is 0 Å². The molecule has 0 atom stereocenters. The first kappa shape index (κ1) is 17.9. The summed E-state index contributed by atoms with van der Waals surface area (Å²) < 4.78 is 12.0. The summed E-state index contributed by atoms with van der Waals surface area (Å²) in [6.45, 7) is 0. The van der Waals surface area contributed by atoms with Crippen molar-refractivity contribution in [2.45, 2.75) is 18.1 Å². The summed E-state index contributed by atoms with van der Waals surface area (Å²) in [5, 5.41) is 12.7. The number of hydrogen-bond acceptors (Lipinski definition) is 8. The molecule has 27 heavy (non-hydrogen) atoms. The zero-order valence-electron chi connectivity index (χ0n) is 14.1. The average Bonchev–Trinajstić information content (AvgIpc) is 3.36. The second kappa shape index (κ2) is 8.45. The fraction of sp³-hybridized carbons (Fsp3) is 0.167. The summed E-state index contributed by atoms with van der Waals surface area (Å²) in [7, 11) is 0. The smallest absolute Gasteiger partial charge is 0.276 e. The van der Waals surface area contributed by atoms with Gasteiger partial charge in [0.25, 0.3) is 5.22 Å². The Morgan fingerprint density at radius 1 is 1.04 bits per heavy atom. The van der Waals surface area contributed by atoms with Crippen molar-refractivity contribution < 1.29 is 8.94 Å². The highest BCUT2D eigenvalue weighted by molar-refractivity contribution is 9.10. The van der Waals surface area contributed by atoms with E-state index in [0.717, 1.165) is 27.8 Å². The largest absolute Gasteiger partial charge is 0.411 e. The van der Waals surface area contributed by atoms with Crippen LogP contribution in [0, 0.1) is 0 Å². The summed E-state index contributed by atoms with van der Waals surface area (Å²) in [4.78, 5) is 8.39. The lowest BCUT2D eigenvalue weighted by Crippen LogP contribution is -1.89. The van der Waals surface area contributed by atoms with Gasteiger partial charge in [0.1, 0.15) is 0 Å². The highest BCUT2D eigenvalue weighted by atomic mass is 79.9. The number of halogens is 1. The average molecular weight is 444 g/mol. The molecule has 0 saturated carbocycles. The Kier molecular flexibility index (Phi) is 5.59. The number of pyridine rings is 1. The van der Waals surface area contributed by atoms with Crippen molar-refractivity contribution in [3.8, 4) is 22.8 Å². The Balaban J connectivity index is 1.28. The van der Waals surface area contributed by atoms with Gasteiger partial charge >= 0.3 is 0 Å². The molecule has 0 N–H and O–H groups in total. The second-order valence-electron chi connectivity index (χ2n) is 5.58. The molecule has 0 aliphatic carbocycles. The molecule has 4 rings (SSSR count). The maximum absolute atomic E-state index is 5.70. The first-order valence-corrected chi connectivity index (χ1v) is 10.0. The van der Waals surface area contributed by atoms with Gasteiger partial charge in [-0.3, -0.25) is 4.98 Å². The van der Waals surface area contributed by atoms with E-state index in [0.29, 0.717) is 29.2 Å². The third kappa shape index (κ3) is 4.61. The van der Waals surface area contributed by atoms with E-state index < -0.39 is 0 Å². The molecule has 4 aromatic rings. The Morgan fingerprint density at radius 2 is 1.93 bits per heavy atom. The topological polar surface area (TPSA) is 90.7 Å². The van der Waals surface area contributed by atoms with E-state index in [4.69, 9.17) is 8.94 Å². The van der Waals surface area contributed by atoms with Gasteiger partial charge < -0.3 is 8.94 Å². The maximum Gasteiger partial charge on any atom is 0.276 e. The number of rotatable bonds is 7. The Bertz CT molecular complexity index is 1020. The molecule has 0 bridgehead atoms. The third-order valence-electron chi connectivity index (χ3n) is 3.65. The normalized spacial score (nSPS) is 11.0. The fourth-order valence-corrected chi connectivity index (χ4v) is 3.46. The lowest BCUT2D eigenvalue weighted by molar-refractivity contribution is 0.378. The minimum absolute atomic E-state index is 0.512. The van der Waals surface area contributed by atoms with Crippen LogP contribution in [0.15, 0.2) is 67.4 Å². The molecular formula is C18H14BrN5O2S. The lowest BCUT2D eigenvalue weighted by Gasteiger charge is -1.96. The minimum atomic E-state index is 0.512. The van der Waals surface area contributed by atoms with Crippen LogP contribution >= 0.6 is 27.7 Å². The van der Waals surface area contributed by atoms with Crippen molar-refractivity contribution in [3.05, 3.63) is 59.2 Å². The van der Waals surface area contributed by atoms with Gasteiger partial charge in [-0.2, -0.15) is 4.98 Å². The molecule has 0 aliphatic heterocycles. The molecule has 136 valence electrons. The minimum Gasteiger partial charge on any atom is -0.411 e. The van der Waals surface area contributed by atoms with Gasteiger partial charge in [-0.05, 0) is 36.8 Å². The first-order valence-electron chi connectivity index (χ1n) is 8.23. The van der Waals surface area contributed by atoms with Gasteiger partial charge in [-0.1, -0.05) is 38.9 Å². The van der Waals surface area contributed by atoms with Crippen molar-refractivity contribution in [2.24, 2.45) is 0 Å². The van der Waals surface area contributed by atoms with E-state index in [1.165, 1.54) is 11.8 Å². The van der Waals surface area contributed by atoms with Crippen LogP contribution in [-0.2, 0) is 6.42 Å². The van der Waals surface area contributed by atoms with E-state index >= 15 is 0 Å². The molecule has 0 amide bonds. The van der Waals surface area contributed by atoms with Crippen molar-refractivity contribution in [1.29, 1.82) is 0 Å². The van der Waals surface area contributed by atoms with E-state index in [1.54, 1.807) is 12.4 Å². The number of thioether (sulfide) groups is 1. The maximum atomic E-state index is 5.70. The molecule has 0 saturated heterocycles. The number of hydrogen-bond donors (Lipinski definition) is 0. The van der Waals surface area contributed by atoms with Gasteiger partial charge in [-0.25, -0.2) is 0 Å². The third-order valence-corrected chi connectivity index (χ3v) is 5.04. The van der Waals surface area contributed by atoms with E-state index in [2.05, 4.69) is 41.3 Å². The molecule has 7 nitrogen and oxygen atoms in total. The Hall–Kier alpha value is -2.52. The zero-order chi connectivity index (χ0) is 18.5. The standard InChI is InChI=1S/C18H14BrN5O2S/c19-14-4-1-3-13(11-14)17-22-23-18(25-17)27-10-2-5-15-21-16(24-26-15)12-6-8-20-9-7-12/h1,3-4,6-9,11H,2,5,10H2. The summed E-state index contributed by atoms with van der Waals surface area (Å²) in [5.41, 5.74) is 1.78. The van der Waals surface area contributed by atoms with Crippen molar-refractivity contribution in [1.82, 2.24) is 25.3 Å². The lowest BCUT2D eigenvalue weighted by atomic mass is 10.2. The summed E-state index contributed by atoms with van der Waals surface area (Å²) in [6, 6.07) is 11.5. The van der Waals surface area contributed by atoms with Crippen LogP contribution in [0.5, 0.6) is 0 Å². The number of aryl methyl sites for hydroxylation is 1. The van der Waals surface area contributed by atoms with Gasteiger partial charge in [0.05, 0.1) is 0 Å². The van der Waals surface area contributed by atoms with Crippen molar-refractivity contribution >= 4 is 27.7 Å². The summed E-state index contributed by atoms with van der Waals surface area (Å²) in [5.74, 6) is 2.52. The van der Waals surface area contributed by atoms with Crippen LogP contribution in [0.1, 0.15) is 12.3 Å². The SMILES string of the molecule is Brc1cccc(-c2nnc(SCCCc3nc(-c4ccncc4)no3)o2)c1. The van der Waals surface area contributed by atoms with Crippen LogP contribution in [-0.4, -0.2) is 31.1 Å². The predicted octanol–water partition coefficient (Wildman–Crippen LogP) is 4.67. The molecule has 3 aromatic heterocycles. The monoisotopic (exact) mass is 443 g/mol. The molecule has 0 fully saturated rings. The van der Waals surface area contributed by atoms with Crippen molar-refractivity contribution in [2.75, 3.05) is 5.75 Å². The molecule has 9 heteroatoms. The molecular weight excluding hydrogens is 430 g/mol. The molecule has 1 aromatic carbocycles. The first-order chi connectivity index (χ1) is 13.3. The summed E-state index contributed by atoms with van der Waals surface area (Å²) in [6.07, 6.45) is 4.96. The zero-order valence-corrected chi connectivity index (χ0v) is 16.5. The van der Waals surface area contributed by atoms with E-state index in [1.807, 2.05) is 36.4 Å². The van der Waals surface area contributed by atoms with Gasteiger partial charge in [0, 0.05) is 40.2 Å². The number of benzene rings is 1. The Labute approximate surface area is 167 Å². The van der Waals surface area contributed by atoms with Crippen LogP contribution in [0.25, 0.3) is 22.8 Å². The molecule has 0 spiro atoms.